The van der Waals surface area contributed by atoms with Gasteiger partial charge in [-0.3, -0.25) is 4.79 Å². The lowest BCUT2D eigenvalue weighted by molar-refractivity contribution is -0.127. The number of amides is 1. The lowest BCUT2D eigenvalue weighted by Crippen LogP contribution is -2.38. The summed E-state index contributed by atoms with van der Waals surface area (Å²) < 4.78 is 0. The highest BCUT2D eigenvalue weighted by atomic mass is 16.2. The third-order valence-corrected chi connectivity index (χ3v) is 2.87. The monoisotopic (exact) mass is 260 g/mol. The average molecular weight is 260 g/mol. The highest BCUT2D eigenvalue weighted by Crippen LogP contribution is 2.20. The van der Waals surface area contributed by atoms with Crippen LogP contribution >= 0.6 is 0 Å². The SMILES string of the molecule is CCCN(CC(=O)N(C)C)c1nccc(C)c1C#N. The number of aryl methyl sites for hydroxylation is 1. The maximum absolute atomic E-state index is 11.9. The Bertz CT molecular complexity index is 491. The van der Waals surface area contributed by atoms with Crippen molar-refractivity contribution < 1.29 is 4.79 Å². The van der Waals surface area contributed by atoms with E-state index in [0.717, 1.165) is 12.0 Å². The van der Waals surface area contributed by atoms with Crippen LogP contribution in [0.4, 0.5) is 5.82 Å². The van der Waals surface area contributed by atoms with Gasteiger partial charge in [0.15, 0.2) is 0 Å². The van der Waals surface area contributed by atoms with Gasteiger partial charge in [-0.2, -0.15) is 5.26 Å². The number of rotatable bonds is 5. The van der Waals surface area contributed by atoms with Crippen LogP contribution in [0.1, 0.15) is 24.5 Å². The van der Waals surface area contributed by atoms with E-state index in [-0.39, 0.29) is 12.5 Å². The van der Waals surface area contributed by atoms with E-state index in [1.54, 1.807) is 31.3 Å². The van der Waals surface area contributed by atoms with E-state index < -0.39 is 0 Å². The summed E-state index contributed by atoms with van der Waals surface area (Å²) in [5.74, 6) is 0.597. The molecule has 1 heterocycles. The Balaban J connectivity index is 3.09. The standard InChI is InChI=1S/C14H20N4O/c1-5-8-18(10-13(19)17(3)4)14-12(9-15)11(2)6-7-16-14/h6-7H,5,8,10H2,1-4H3. The van der Waals surface area contributed by atoms with Crippen LogP contribution in [0.25, 0.3) is 0 Å². The highest BCUT2D eigenvalue weighted by molar-refractivity contribution is 5.81. The summed E-state index contributed by atoms with van der Waals surface area (Å²) in [6.45, 7) is 4.85. The zero-order valence-corrected chi connectivity index (χ0v) is 12.0. The Morgan fingerprint density at radius 3 is 2.68 bits per heavy atom. The zero-order chi connectivity index (χ0) is 14.4. The summed E-state index contributed by atoms with van der Waals surface area (Å²) >= 11 is 0. The molecule has 0 spiro atoms. The molecule has 0 saturated heterocycles. The van der Waals surface area contributed by atoms with Crippen LogP contribution in [0.3, 0.4) is 0 Å². The van der Waals surface area contributed by atoms with Crippen molar-refractivity contribution in [1.29, 1.82) is 5.26 Å². The predicted octanol–water partition coefficient (Wildman–Crippen LogP) is 1.57. The first-order valence-corrected chi connectivity index (χ1v) is 6.32. The fourth-order valence-corrected chi connectivity index (χ4v) is 1.76. The third-order valence-electron chi connectivity index (χ3n) is 2.87. The third kappa shape index (κ3) is 3.68. The Kier molecular flexibility index (Phi) is 5.31. The van der Waals surface area contributed by atoms with Crippen molar-refractivity contribution in [3.63, 3.8) is 0 Å². The molecule has 5 nitrogen and oxygen atoms in total. The molecular formula is C14H20N4O. The van der Waals surface area contributed by atoms with E-state index in [2.05, 4.69) is 11.1 Å². The first-order chi connectivity index (χ1) is 9.01. The molecule has 0 saturated carbocycles. The van der Waals surface area contributed by atoms with E-state index in [4.69, 9.17) is 0 Å². The van der Waals surface area contributed by atoms with Crippen LogP contribution in [0.2, 0.25) is 0 Å². The molecule has 0 atom stereocenters. The number of anilines is 1. The van der Waals surface area contributed by atoms with Crippen molar-refractivity contribution in [1.82, 2.24) is 9.88 Å². The predicted molar refractivity (Wildman–Crippen MR) is 74.9 cm³/mol. The number of pyridine rings is 1. The summed E-state index contributed by atoms with van der Waals surface area (Å²) in [6, 6.07) is 3.98. The fraction of sp³-hybridized carbons (Fsp3) is 0.500. The molecule has 0 N–H and O–H groups in total. The molecule has 102 valence electrons. The molecule has 0 aliphatic heterocycles. The van der Waals surface area contributed by atoms with Crippen LogP contribution in [-0.4, -0.2) is 43.0 Å². The molecule has 1 amide bonds. The second kappa shape index (κ2) is 6.74. The number of hydrogen-bond donors (Lipinski definition) is 0. The molecule has 0 aliphatic rings. The van der Waals surface area contributed by atoms with Crippen LogP contribution in [0.15, 0.2) is 12.3 Å². The topological polar surface area (TPSA) is 60.2 Å². The Morgan fingerprint density at radius 2 is 2.16 bits per heavy atom. The van der Waals surface area contributed by atoms with E-state index in [0.29, 0.717) is 17.9 Å². The van der Waals surface area contributed by atoms with Gasteiger partial charge in [0.2, 0.25) is 5.91 Å². The fourth-order valence-electron chi connectivity index (χ4n) is 1.76. The largest absolute Gasteiger partial charge is 0.347 e. The molecule has 0 unspecified atom stereocenters. The van der Waals surface area contributed by atoms with Gasteiger partial charge in [0, 0.05) is 26.8 Å². The molecule has 0 radical (unpaired) electrons. The van der Waals surface area contributed by atoms with Gasteiger partial charge in [0.25, 0.3) is 0 Å². The van der Waals surface area contributed by atoms with Crippen LogP contribution in [-0.2, 0) is 4.79 Å². The van der Waals surface area contributed by atoms with Crippen molar-refractivity contribution in [2.75, 3.05) is 32.1 Å². The molecule has 19 heavy (non-hydrogen) atoms. The minimum atomic E-state index is 0.000598. The molecule has 0 bridgehead atoms. The molecule has 0 aliphatic carbocycles. The van der Waals surface area contributed by atoms with Gasteiger partial charge >= 0.3 is 0 Å². The number of carbonyl (C=O) groups is 1. The number of nitrogens with zero attached hydrogens (tertiary/aromatic N) is 4. The Hall–Kier alpha value is -2.09. The van der Waals surface area contributed by atoms with E-state index in [9.17, 15) is 10.1 Å². The van der Waals surface area contributed by atoms with E-state index >= 15 is 0 Å². The van der Waals surface area contributed by atoms with Gasteiger partial charge in [0.05, 0.1) is 12.1 Å². The number of nitriles is 1. The summed E-state index contributed by atoms with van der Waals surface area (Å²) in [5.41, 5.74) is 1.42. The first-order valence-electron chi connectivity index (χ1n) is 6.32. The number of hydrogen-bond acceptors (Lipinski definition) is 4. The second-order valence-corrected chi connectivity index (χ2v) is 4.65. The Labute approximate surface area is 114 Å². The highest BCUT2D eigenvalue weighted by Gasteiger charge is 2.17. The van der Waals surface area contributed by atoms with Gasteiger partial charge in [-0.25, -0.2) is 4.98 Å². The summed E-state index contributed by atoms with van der Waals surface area (Å²) in [6.07, 6.45) is 2.56. The van der Waals surface area contributed by atoms with E-state index in [1.165, 1.54) is 0 Å². The lowest BCUT2D eigenvalue weighted by atomic mass is 10.1. The second-order valence-electron chi connectivity index (χ2n) is 4.65. The summed E-state index contributed by atoms with van der Waals surface area (Å²) in [7, 11) is 3.45. The van der Waals surface area contributed by atoms with Crippen molar-refractivity contribution in [2.45, 2.75) is 20.3 Å². The molecule has 1 aromatic heterocycles. The van der Waals surface area contributed by atoms with Crippen molar-refractivity contribution in [3.05, 3.63) is 23.4 Å². The smallest absolute Gasteiger partial charge is 0.241 e. The van der Waals surface area contributed by atoms with Gasteiger partial charge in [0.1, 0.15) is 11.9 Å². The molecule has 5 heteroatoms. The number of likely N-dealkylation sites (N-methyl/N-ethyl adjacent to an activating group) is 1. The van der Waals surface area contributed by atoms with Gasteiger partial charge in [-0.15, -0.1) is 0 Å². The summed E-state index contributed by atoms with van der Waals surface area (Å²) in [4.78, 5) is 19.5. The zero-order valence-electron chi connectivity index (χ0n) is 12.0. The maximum Gasteiger partial charge on any atom is 0.241 e. The van der Waals surface area contributed by atoms with Crippen LogP contribution in [0.5, 0.6) is 0 Å². The van der Waals surface area contributed by atoms with Crippen LogP contribution in [0, 0.1) is 18.3 Å². The van der Waals surface area contributed by atoms with Crippen LogP contribution < -0.4 is 4.90 Å². The molecular weight excluding hydrogens is 240 g/mol. The van der Waals surface area contributed by atoms with E-state index in [1.807, 2.05) is 18.7 Å². The van der Waals surface area contributed by atoms with Gasteiger partial charge in [-0.1, -0.05) is 6.92 Å². The normalized spacial score (nSPS) is 9.84. The number of aromatic nitrogens is 1. The van der Waals surface area contributed by atoms with Crippen molar-refractivity contribution in [2.24, 2.45) is 0 Å². The quantitative estimate of drug-likeness (QED) is 0.806. The first kappa shape index (κ1) is 15.0. The molecule has 0 aromatic carbocycles. The molecule has 0 fully saturated rings. The minimum absolute atomic E-state index is 0.000598. The van der Waals surface area contributed by atoms with Crippen molar-refractivity contribution in [3.8, 4) is 6.07 Å². The lowest BCUT2D eigenvalue weighted by Gasteiger charge is -2.25. The molecule has 1 rings (SSSR count). The average Bonchev–Trinajstić information content (AvgIpc) is 2.37. The van der Waals surface area contributed by atoms with Crippen molar-refractivity contribution >= 4 is 11.7 Å². The maximum atomic E-state index is 11.9. The van der Waals surface area contributed by atoms with Gasteiger partial charge in [-0.05, 0) is 25.0 Å². The Morgan fingerprint density at radius 1 is 1.47 bits per heavy atom. The summed E-state index contributed by atoms with van der Waals surface area (Å²) in [5, 5.41) is 9.25. The molecule has 1 aromatic rings. The van der Waals surface area contributed by atoms with Gasteiger partial charge < -0.3 is 9.80 Å². The number of carbonyl (C=O) groups excluding carboxylic acids is 1. The minimum Gasteiger partial charge on any atom is -0.347 e.